The number of Topliss-reactive ketones (excluding diaryl/α,β-unsaturated/α-hetero) is 4. The van der Waals surface area contributed by atoms with Crippen molar-refractivity contribution in [3.05, 3.63) is 139 Å². The highest BCUT2D eigenvalue weighted by molar-refractivity contribution is 6.12. The van der Waals surface area contributed by atoms with E-state index < -0.39 is 70.0 Å². The number of carbonyl (C=O) groups is 4. The first-order chi connectivity index (χ1) is 28.7. The van der Waals surface area contributed by atoms with Crippen molar-refractivity contribution in [3.8, 4) is 0 Å². The van der Waals surface area contributed by atoms with Crippen LogP contribution < -0.4 is 0 Å². The number of allylic oxidation sites excluding steroid dienone is 8. The largest absolute Gasteiger partial charge is 0.469 e. The molecule has 16 nitrogen and oxygen atoms in total. The molecular formula is C46H48O16. The highest BCUT2D eigenvalue weighted by atomic mass is 16.5. The first-order valence-electron chi connectivity index (χ1n) is 19.7. The Labute approximate surface area is 355 Å². The fraction of sp³-hybridized carbons (Fsp3) is 0.391. The molecule has 328 valence electrons. The van der Waals surface area contributed by atoms with Gasteiger partial charge in [-0.05, 0) is 102 Å². The van der Waals surface area contributed by atoms with Crippen molar-refractivity contribution in [2.45, 2.75) is 115 Å². The van der Waals surface area contributed by atoms with Gasteiger partial charge < -0.3 is 59.8 Å². The van der Waals surface area contributed by atoms with Crippen molar-refractivity contribution >= 4 is 23.1 Å². The zero-order valence-corrected chi connectivity index (χ0v) is 35.2. The lowest BCUT2D eigenvalue weighted by molar-refractivity contribution is -0.143. The molecule has 4 aliphatic heterocycles. The minimum Gasteiger partial charge on any atom is -0.469 e. The molecule has 8 rings (SSSR count). The molecule has 62 heavy (non-hydrogen) atoms. The van der Waals surface area contributed by atoms with Crippen LogP contribution >= 0.6 is 0 Å². The van der Waals surface area contributed by atoms with Gasteiger partial charge in [-0.1, -0.05) is 0 Å². The average molecular weight is 857 g/mol. The van der Waals surface area contributed by atoms with Crippen molar-refractivity contribution in [2.24, 2.45) is 0 Å². The van der Waals surface area contributed by atoms with Gasteiger partial charge in [0.15, 0.2) is 45.5 Å². The normalized spacial score (nSPS) is 35.4. The number of aliphatic hydroxyl groups is 8. The quantitative estimate of drug-likeness (QED) is 0.201. The Hall–Kier alpha value is -5.56. The fourth-order valence-corrected chi connectivity index (χ4v) is 8.53. The van der Waals surface area contributed by atoms with E-state index in [0.29, 0.717) is 45.3 Å². The molecule has 0 fully saturated rings. The maximum atomic E-state index is 13.2. The van der Waals surface area contributed by atoms with E-state index in [1.165, 1.54) is 52.7 Å². The molecule has 0 aromatic carbocycles. The third-order valence-corrected chi connectivity index (χ3v) is 12.4. The summed E-state index contributed by atoms with van der Waals surface area (Å²) < 4.78 is 21.4. The van der Waals surface area contributed by atoms with Crippen LogP contribution in [0.2, 0.25) is 0 Å². The van der Waals surface area contributed by atoms with Crippen molar-refractivity contribution in [1.82, 2.24) is 0 Å². The highest BCUT2D eigenvalue weighted by Gasteiger charge is 2.54. The number of rotatable bonds is 4. The summed E-state index contributed by atoms with van der Waals surface area (Å²) in [6, 6.07) is 0. The van der Waals surface area contributed by atoms with Crippen molar-refractivity contribution in [3.63, 3.8) is 0 Å². The molecule has 8 atom stereocenters. The van der Waals surface area contributed by atoms with E-state index in [-0.39, 0.29) is 57.4 Å². The lowest BCUT2D eigenvalue weighted by Crippen LogP contribution is -2.54. The van der Waals surface area contributed by atoms with E-state index >= 15 is 0 Å². The number of fused-ring (bicyclic) bond motifs is 4. The van der Waals surface area contributed by atoms with Gasteiger partial charge in [-0.25, -0.2) is 0 Å². The minimum atomic E-state index is -2.13. The number of ether oxygens (including phenoxy) is 4. The smallest absolute Gasteiger partial charge is 0.194 e. The van der Waals surface area contributed by atoms with Gasteiger partial charge in [0.1, 0.15) is 47.5 Å². The second-order valence-corrected chi connectivity index (χ2v) is 17.2. The molecule has 8 N–H and O–H groups in total. The molecular weight excluding hydrogens is 808 g/mol. The van der Waals surface area contributed by atoms with Crippen LogP contribution in [0.4, 0.5) is 0 Å². The summed E-state index contributed by atoms with van der Waals surface area (Å²) >= 11 is 0. The molecule has 0 bridgehead atoms. The lowest BCUT2D eigenvalue weighted by Gasteiger charge is -2.40. The lowest BCUT2D eigenvalue weighted by atomic mass is 9.69. The van der Waals surface area contributed by atoms with E-state index in [9.17, 15) is 60.0 Å². The molecule has 0 spiro atoms. The van der Waals surface area contributed by atoms with E-state index in [1.807, 2.05) is 0 Å². The van der Waals surface area contributed by atoms with E-state index in [4.69, 9.17) is 18.9 Å². The van der Waals surface area contributed by atoms with Crippen LogP contribution in [0.15, 0.2) is 139 Å². The van der Waals surface area contributed by atoms with Gasteiger partial charge in [-0.3, -0.25) is 19.2 Å². The van der Waals surface area contributed by atoms with E-state index in [1.54, 1.807) is 52.0 Å². The Bertz CT molecular complexity index is 2180. The van der Waals surface area contributed by atoms with Crippen LogP contribution in [0.3, 0.4) is 0 Å². The van der Waals surface area contributed by atoms with Crippen molar-refractivity contribution in [2.75, 3.05) is 0 Å². The topological polar surface area (TPSA) is 267 Å². The molecule has 0 radical (unpaired) electrons. The first-order valence-corrected chi connectivity index (χ1v) is 19.7. The summed E-state index contributed by atoms with van der Waals surface area (Å²) in [6.45, 7) is 11.5. The number of carbonyl (C=O) groups excluding carboxylic acids is 4. The maximum absolute atomic E-state index is 13.2. The summed E-state index contributed by atoms with van der Waals surface area (Å²) in [6.07, 6.45) is 4.89. The summed E-state index contributed by atoms with van der Waals surface area (Å²) in [4.78, 5) is 52.7. The number of hydrogen-bond acceptors (Lipinski definition) is 16. The highest BCUT2D eigenvalue weighted by Crippen LogP contribution is 2.46. The van der Waals surface area contributed by atoms with Gasteiger partial charge in [-0.2, -0.15) is 0 Å². The number of ketones is 4. The van der Waals surface area contributed by atoms with Crippen LogP contribution in [0, 0.1) is 0 Å². The summed E-state index contributed by atoms with van der Waals surface area (Å²) in [5.41, 5.74) is -5.78. The SMILES string of the molecule is CC1=CC2=C(CC3=C4C=C(C)OC=C4[C@H](O)[C@@](C)(O)C3=O)C(=O)[C@](C)(O)[C@@H](O)C2=CO1.CC1=CC2=C(CC3=C4C=C(C)OC=C4[C@H](O)[C@@](C)(O)C3=O)C(=O)[C@](C)(O)[C@@H](O)C2=CO1. The van der Waals surface area contributed by atoms with Crippen LogP contribution in [0.25, 0.3) is 0 Å². The Morgan fingerprint density at radius 2 is 0.581 bits per heavy atom. The molecule has 0 unspecified atom stereocenters. The second-order valence-electron chi connectivity index (χ2n) is 17.2. The molecule has 0 aromatic rings. The Morgan fingerprint density at radius 1 is 0.403 bits per heavy atom. The van der Waals surface area contributed by atoms with Crippen LogP contribution in [-0.4, -0.2) is 111 Å². The van der Waals surface area contributed by atoms with Crippen LogP contribution in [-0.2, 0) is 38.1 Å². The predicted molar refractivity (Wildman–Crippen MR) is 216 cm³/mol. The summed E-state index contributed by atoms with van der Waals surface area (Å²) in [5, 5.41) is 85.0. The van der Waals surface area contributed by atoms with E-state index in [0.717, 1.165) is 0 Å². The van der Waals surface area contributed by atoms with Gasteiger partial charge in [0.25, 0.3) is 0 Å². The van der Waals surface area contributed by atoms with Gasteiger partial charge in [0.2, 0.25) is 0 Å². The third kappa shape index (κ3) is 6.87. The maximum Gasteiger partial charge on any atom is 0.194 e. The van der Waals surface area contributed by atoms with Crippen molar-refractivity contribution < 1.29 is 79.0 Å². The van der Waals surface area contributed by atoms with Gasteiger partial charge in [-0.15, -0.1) is 0 Å². The van der Waals surface area contributed by atoms with Crippen molar-refractivity contribution in [1.29, 1.82) is 0 Å². The van der Waals surface area contributed by atoms with Gasteiger partial charge >= 0.3 is 0 Å². The standard InChI is InChI=1S/2C23H24O8/c2*1-10-5-12-14(18(24)22(3,28)20(26)16(12)8-30-10)7-15-13-6-11(2)31-9-17(13)21(27)23(4,29)19(15)25/h2*5-6,8-9,20-21,26-29H,7H2,1-4H3/t2*20-,21-,22-,23-/m00/s1. The zero-order chi connectivity index (χ0) is 45.8. The van der Waals surface area contributed by atoms with Crippen LogP contribution in [0.5, 0.6) is 0 Å². The van der Waals surface area contributed by atoms with Gasteiger partial charge in [0.05, 0.1) is 25.0 Å². The average Bonchev–Trinajstić information content (AvgIpc) is 3.21. The van der Waals surface area contributed by atoms with Gasteiger partial charge in [0, 0.05) is 57.4 Å². The molecule has 8 aliphatic rings. The molecule has 4 heterocycles. The summed E-state index contributed by atoms with van der Waals surface area (Å²) in [7, 11) is 0. The molecule has 0 amide bonds. The molecule has 4 aliphatic carbocycles. The first kappa shape index (κ1) is 44.5. The molecule has 0 saturated carbocycles. The molecule has 0 saturated heterocycles. The summed E-state index contributed by atoms with van der Waals surface area (Å²) in [5.74, 6) is -1.06. The molecule has 16 heteroatoms. The monoisotopic (exact) mass is 856 g/mol. The zero-order valence-electron chi connectivity index (χ0n) is 35.2. The number of hydrogen-bond donors (Lipinski definition) is 8. The predicted octanol–water partition coefficient (Wildman–Crippen LogP) is 1.99. The number of aliphatic hydroxyl groups excluding tert-OH is 4. The third-order valence-electron chi connectivity index (χ3n) is 12.4. The van der Waals surface area contributed by atoms with Crippen LogP contribution in [0.1, 0.15) is 68.2 Å². The Balaban J connectivity index is 0.000000186. The second kappa shape index (κ2) is 15.1. The Kier molecular flexibility index (Phi) is 10.8. The van der Waals surface area contributed by atoms with E-state index in [2.05, 4.69) is 0 Å². The fourth-order valence-electron chi connectivity index (χ4n) is 8.53. The Morgan fingerprint density at radius 3 is 0.758 bits per heavy atom. The minimum absolute atomic E-state index is 0.101. The molecule has 0 aromatic heterocycles.